The van der Waals surface area contributed by atoms with E-state index in [1.165, 1.54) is 12.1 Å². The Morgan fingerprint density at radius 3 is 2.38 bits per heavy atom. The molecule has 3 aromatic rings. The molecule has 0 radical (unpaired) electrons. The van der Waals surface area contributed by atoms with Gasteiger partial charge in [-0.25, -0.2) is 0 Å². The number of aromatic hydroxyl groups is 4. The fraction of sp³-hybridized carbons (Fsp3) is 0.125. The van der Waals surface area contributed by atoms with Gasteiger partial charge in [0.1, 0.15) is 0 Å². The van der Waals surface area contributed by atoms with Crippen molar-refractivity contribution in [1.29, 1.82) is 0 Å². The Bertz CT molecular complexity index is 918. The van der Waals surface area contributed by atoms with E-state index in [0.717, 1.165) is 29.6 Å². The number of hydrogen-bond acceptors (Lipinski definition) is 5. The van der Waals surface area contributed by atoms with Crippen molar-refractivity contribution >= 4 is 27.2 Å². The van der Waals surface area contributed by atoms with Gasteiger partial charge in [0.15, 0.2) is 23.0 Å². The smallest absolute Gasteiger partial charge is 0.166 e. The van der Waals surface area contributed by atoms with Gasteiger partial charge in [0.2, 0.25) is 0 Å². The summed E-state index contributed by atoms with van der Waals surface area (Å²) in [5.74, 6) is -0.865. The van der Waals surface area contributed by atoms with Gasteiger partial charge in [-0.05, 0) is 47.0 Å². The minimum atomic E-state index is -0.258. The lowest BCUT2D eigenvalue weighted by molar-refractivity contribution is 0.404. The maximum absolute atomic E-state index is 10.3. The van der Waals surface area contributed by atoms with Crippen LogP contribution < -0.4 is 5.32 Å². The number of anilines is 1. The summed E-state index contributed by atoms with van der Waals surface area (Å²) in [6.45, 7) is 0.738. The summed E-state index contributed by atoms with van der Waals surface area (Å²) in [6, 6.07) is 6.30. The molecular formula is C16H13NO4. The van der Waals surface area contributed by atoms with Crippen LogP contribution in [-0.4, -0.2) is 27.0 Å². The lowest BCUT2D eigenvalue weighted by Gasteiger charge is -2.22. The maximum Gasteiger partial charge on any atom is 0.166 e. The van der Waals surface area contributed by atoms with E-state index < -0.39 is 0 Å². The van der Waals surface area contributed by atoms with E-state index >= 15 is 0 Å². The summed E-state index contributed by atoms with van der Waals surface area (Å²) in [6.07, 6.45) is 0.743. The molecule has 5 nitrogen and oxygen atoms in total. The minimum absolute atomic E-state index is 0.176. The molecule has 0 spiro atoms. The Balaban J connectivity index is 2.31. The Hall–Kier alpha value is -2.82. The van der Waals surface area contributed by atoms with E-state index in [0.29, 0.717) is 16.2 Å². The Morgan fingerprint density at radius 2 is 1.57 bits per heavy atom. The highest BCUT2D eigenvalue weighted by molar-refractivity contribution is 6.18. The van der Waals surface area contributed by atoms with Crippen molar-refractivity contribution in [3.63, 3.8) is 0 Å². The lowest BCUT2D eigenvalue weighted by Crippen LogP contribution is -2.11. The molecule has 1 aliphatic rings. The molecule has 0 aromatic heterocycles. The molecule has 1 heterocycles. The second kappa shape index (κ2) is 3.85. The highest BCUT2D eigenvalue weighted by atomic mass is 16.3. The molecule has 3 aromatic carbocycles. The number of benzene rings is 3. The SMILES string of the molecule is Oc1cc2cc3c4c(cc(O)c(O)c4c2cc1O)CCN3. The Labute approximate surface area is 119 Å². The standard InChI is InChI=1S/C16H13NO4/c18-11-5-8-3-10-14-7(1-2-17-10)4-13(20)16(21)15(14)9(8)6-12(11)19/h3-6,17-21H,1-2H2. The molecule has 106 valence electrons. The average molecular weight is 283 g/mol. The van der Waals surface area contributed by atoms with Crippen molar-refractivity contribution in [3.05, 3.63) is 29.8 Å². The molecule has 5 N–H and O–H groups in total. The zero-order chi connectivity index (χ0) is 14.7. The Kier molecular flexibility index (Phi) is 2.19. The van der Waals surface area contributed by atoms with Gasteiger partial charge in [-0.3, -0.25) is 0 Å². The lowest BCUT2D eigenvalue weighted by atomic mass is 9.92. The fourth-order valence-corrected chi connectivity index (χ4v) is 3.11. The number of nitrogens with one attached hydrogen (secondary N) is 1. The molecule has 4 rings (SSSR count). The Morgan fingerprint density at radius 1 is 0.810 bits per heavy atom. The average Bonchev–Trinajstić information content (AvgIpc) is 2.45. The first kappa shape index (κ1) is 12.0. The maximum atomic E-state index is 10.3. The summed E-state index contributed by atoms with van der Waals surface area (Å²) in [4.78, 5) is 0. The van der Waals surface area contributed by atoms with E-state index in [9.17, 15) is 20.4 Å². The van der Waals surface area contributed by atoms with Gasteiger partial charge in [0.05, 0.1) is 0 Å². The van der Waals surface area contributed by atoms with Gasteiger partial charge in [-0.15, -0.1) is 0 Å². The number of phenolic OH excluding ortho intramolecular Hbond substituents is 4. The van der Waals surface area contributed by atoms with Gasteiger partial charge < -0.3 is 25.7 Å². The van der Waals surface area contributed by atoms with E-state index in [1.54, 1.807) is 6.07 Å². The highest BCUT2D eigenvalue weighted by Gasteiger charge is 2.20. The van der Waals surface area contributed by atoms with Crippen LogP contribution in [-0.2, 0) is 6.42 Å². The van der Waals surface area contributed by atoms with Crippen molar-refractivity contribution in [2.45, 2.75) is 6.42 Å². The number of rotatable bonds is 0. The third-order valence-corrected chi connectivity index (χ3v) is 4.06. The number of hydrogen-bond donors (Lipinski definition) is 5. The van der Waals surface area contributed by atoms with Gasteiger partial charge in [0.25, 0.3) is 0 Å². The minimum Gasteiger partial charge on any atom is -0.504 e. The van der Waals surface area contributed by atoms with Crippen LogP contribution in [0.1, 0.15) is 5.56 Å². The zero-order valence-electron chi connectivity index (χ0n) is 11.0. The molecule has 0 aliphatic carbocycles. The van der Waals surface area contributed by atoms with E-state index in [1.807, 2.05) is 6.07 Å². The second-order valence-corrected chi connectivity index (χ2v) is 5.32. The van der Waals surface area contributed by atoms with Crippen LogP contribution in [0.5, 0.6) is 23.0 Å². The first-order valence-corrected chi connectivity index (χ1v) is 6.66. The highest BCUT2D eigenvalue weighted by Crippen LogP contribution is 2.46. The van der Waals surface area contributed by atoms with E-state index in [-0.39, 0.29) is 23.0 Å². The van der Waals surface area contributed by atoms with Crippen LogP contribution in [0.4, 0.5) is 5.69 Å². The second-order valence-electron chi connectivity index (χ2n) is 5.32. The molecule has 1 aliphatic heterocycles. The molecule has 0 atom stereocenters. The van der Waals surface area contributed by atoms with Crippen LogP contribution in [0.25, 0.3) is 21.5 Å². The van der Waals surface area contributed by atoms with E-state index in [2.05, 4.69) is 5.32 Å². The molecule has 21 heavy (non-hydrogen) atoms. The van der Waals surface area contributed by atoms with Crippen LogP contribution in [0, 0.1) is 0 Å². The van der Waals surface area contributed by atoms with Crippen molar-refractivity contribution < 1.29 is 20.4 Å². The van der Waals surface area contributed by atoms with Crippen LogP contribution >= 0.6 is 0 Å². The predicted octanol–water partition coefficient (Wildman–Crippen LogP) is 2.78. The summed E-state index contributed by atoms with van der Waals surface area (Å²) >= 11 is 0. The van der Waals surface area contributed by atoms with Crippen LogP contribution in [0.2, 0.25) is 0 Å². The van der Waals surface area contributed by atoms with Gasteiger partial charge in [-0.2, -0.15) is 0 Å². The molecule has 5 heteroatoms. The first-order valence-electron chi connectivity index (χ1n) is 6.66. The third kappa shape index (κ3) is 1.51. The predicted molar refractivity (Wildman–Crippen MR) is 80.3 cm³/mol. The van der Waals surface area contributed by atoms with E-state index in [4.69, 9.17) is 0 Å². The molecule has 0 fully saturated rings. The molecule has 0 saturated carbocycles. The molecule has 0 unspecified atom stereocenters. The first-order chi connectivity index (χ1) is 10.1. The summed E-state index contributed by atoms with van der Waals surface area (Å²) in [7, 11) is 0. The van der Waals surface area contributed by atoms with Crippen molar-refractivity contribution in [1.82, 2.24) is 0 Å². The van der Waals surface area contributed by atoms with Crippen LogP contribution in [0.15, 0.2) is 24.3 Å². The number of phenols is 4. The monoisotopic (exact) mass is 283 g/mol. The molecule has 0 saturated heterocycles. The number of fused-ring (bicyclic) bond motifs is 2. The summed E-state index contributed by atoms with van der Waals surface area (Å²) in [5, 5.41) is 45.5. The summed E-state index contributed by atoms with van der Waals surface area (Å²) in [5.41, 5.74) is 1.79. The van der Waals surface area contributed by atoms with Crippen LogP contribution in [0.3, 0.4) is 0 Å². The van der Waals surface area contributed by atoms with Gasteiger partial charge in [0, 0.05) is 23.0 Å². The van der Waals surface area contributed by atoms with Crippen molar-refractivity contribution in [2.24, 2.45) is 0 Å². The molecular weight excluding hydrogens is 270 g/mol. The van der Waals surface area contributed by atoms with Gasteiger partial charge in [-0.1, -0.05) is 0 Å². The summed E-state index contributed by atoms with van der Waals surface area (Å²) < 4.78 is 0. The zero-order valence-corrected chi connectivity index (χ0v) is 11.0. The normalized spacial score (nSPS) is 13.5. The topological polar surface area (TPSA) is 93.0 Å². The van der Waals surface area contributed by atoms with Gasteiger partial charge >= 0.3 is 0 Å². The van der Waals surface area contributed by atoms with Crippen molar-refractivity contribution in [3.8, 4) is 23.0 Å². The van der Waals surface area contributed by atoms with Crippen molar-refractivity contribution in [2.75, 3.05) is 11.9 Å². The quantitative estimate of drug-likeness (QED) is 0.323. The molecule has 0 amide bonds. The fourth-order valence-electron chi connectivity index (χ4n) is 3.11. The molecule has 0 bridgehead atoms. The largest absolute Gasteiger partial charge is 0.504 e. The third-order valence-electron chi connectivity index (χ3n) is 4.06.